The van der Waals surface area contributed by atoms with Gasteiger partial charge in [0.1, 0.15) is 0 Å². The molecule has 0 aliphatic heterocycles. The molecule has 0 spiro atoms. The number of hydrogen-bond donors (Lipinski definition) is 1. The number of amides is 1. The zero-order chi connectivity index (χ0) is 16.1. The molecule has 0 fully saturated rings. The molecule has 0 aliphatic rings. The molecule has 5 nitrogen and oxygen atoms in total. The summed E-state index contributed by atoms with van der Waals surface area (Å²) in [6.07, 6.45) is 0. The van der Waals surface area contributed by atoms with Crippen molar-refractivity contribution in [2.45, 2.75) is 6.92 Å². The Morgan fingerprint density at radius 3 is 2.39 bits per heavy atom. The summed E-state index contributed by atoms with van der Waals surface area (Å²) in [4.78, 5) is 12.4. The number of carbonyl (C=O) groups excluding carboxylic acids is 1. The normalized spacial score (nSPS) is 10.3. The fourth-order valence-corrected chi connectivity index (χ4v) is 2.20. The molecule has 116 valence electrons. The maximum absolute atomic E-state index is 12.4. The third-order valence-electron chi connectivity index (χ3n) is 3.23. The molecule has 0 bridgehead atoms. The van der Waals surface area contributed by atoms with Crippen molar-refractivity contribution in [2.75, 3.05) is 11.9 Å². The van der Waals surface area contributed by atoms with Crippen LogP contribution in [0.1, 0.15) is 17.4 Å². The van der Waals surface area contributed by atoms with Crippen molar-refractivity contribution >= 4 is 11.6 Å². The van der Waals surface area contributed by atoms with Crippen LogP contribution in [0.2, 0.25) is 0 Å². The molecule has 3 rings (SSSR count). The second kappa shape index (κ2) is 6.79. The Labute approximate surface area is 134 Å². The predicted molar refractivity (Wildman–Crippen MR) is 89.1 cm³/mol. The van der Waals surface area contributed by atoms with Gasteiger partial charge in [-0.15, -0.1) is 0 Å². The van der Waals surface area contributed by atoms with Crippen LogP contribution in [0.3, 0.4) is 0 Å². The van der Waals surface area contributed by atoms with E-state index in [9.17, 15) is 4.79 Å². The number of rotatable bonds is 5. The molecular formula is C18H17N3O2. The molecule has 0 unspecified atom stereocenters. The van der Waals surface area contributed by atoms with Gasteiger partial charge in [0.2, 0.25) is 5.88 Å². The summed E-state index contributed by atoms with van der Waals surface area (Å²) in [6.45, 7) is 2.39. The van der Waals surface area contributed by atoms with Gasteiger partial charge in [-0.05, 0) is 31.2 Å². The Balaban J connectivity index is 1.90. The van der Waals surface area contributed by atoms with Crippen molar-refractivity contribution in [1.29, 1.82) is 0 Å². The quantitative estimate of drug-likeness (QED) is 0.784. The standard InChI is InChI=1S/C18H17N3O2/c1-2-23-17-13-16(18(22)19-14-9-5-3-6-10-14)20-21(17)15-11-7-4-8-12-15/h3-13H,2H2,1H3,(H,19,22). The lowest BCUT2D eigenvalue weighted by Gasteiger charge is -2.06. The van der Waals surface area contributed by atoms with Gasteiger partial charge >= 0.3 is 0 Å². The highest BCUT2D eigenvalue weighted by atomic mass is 16.5. The first-order valence-electron chi connectivity index (χ1n) is 7.42. The molecule has 5 heteroatoms. The number of hydrogen-bond acceptors (Lipinski definition) is 3. The van der Waals surface area contributed by atoms with E-state index in [0.29, 0.717) is 18.2 Å². The minimum Gasteiger partial charge on any atom is -0.478 e. The van der Waals surface area contributed by atoms with Crippen LogP contribution >= 0.6 is 0 Å². The molecule has 0 aliphatic carbocycles. The Kier molecular flexibility index (Phi) is 4.38. The molecule has 0 atom stereocenters. The first kappa shape index (κ1) is 14.8. The molecule has 2 aromatic carbocycles. The van der Waals surface area contributed by atoms with Crippen LogP contribution in [0, 0.1) is 0 Å². The van der Waals surface area contributed by atoms with Gasteiger partial charge in [-0.3, -0.25) is 4.79 Å². The maximum Gasteiger partial charge on any atom is 0.276 e. The van der Waals surface area contributed by atoms with Gasteiger partial charge in [0.15, 0.2) is 5.69 Å². The molecular weight excluding hydrogens is 290 g/mol. The minimum atomic E-state index is -0.271. The fourth-order valence-electron chi connectivity index (χ4n) is 2.20. The number of anilines is 1. The minimum absolute atomic E-state index is 0.271. The number of aromatic nitrogens is 2. The molecule has 1 N–H and O–H groups in total. The van der Waals surface area contributed by atoms with E-state index in [1.54, 1.807) is 10.7 Å². The summed E-state index contributed by atoms with van der Waals surface area (Å²) in [6, 6.07) is 20.5. The third kappa shape index (κ3) is 3.40. The Bertz CT molecular complexity index is 783. The lowest BCUT2D eigenvalue weighted by Crippen LogP contribution is -2.13. The van der Waals surface area contributed by atoms with E-state index in [4.69, 9.17) is 4.74 Å². The SMILES string of the molecule is CCOc1cc(C(=O)Nc2ccccc2)nn1-c1ccccc1. The van der Waals surface area contributed by atoms with E-state index >= 15 is 0 Å². The largest absolute Gasteiger partial charge is 0.478 e. The van der Waals surface area contributed by atoms with Gasteiger partial charge in [0.25, 0.3) is 5.91 Å². The first-order chi connectivity index (χ1) is 11.3. The fraction of sp³-hybridized carbons (Fsp3) is 0.111. The monoisotopic (exact) mass is 307 g/mol. The van der Waals surface area contributed by atoms with E-state index in [0.717, 1.165) is 11.4 Å². The van der Waals surface area contributed by atoms with E-state index in [2.05, 4.69) is 10.4 Å². The third-order valence-corrected chi connectivity index (χ3v) is 3.23. The highest BCUT2D eigenvalue weighted by molar-refractivity contribution is 6.03. The highest BCUT2D eigenvalue weighted by Gasteiger charge is 2.16. The van der Waals surface area contributed by atoms with E-state index < -0.39 is 0 Å². The van der Waals surface area contributed by atoms with Crippen LogP contribution < -0.4 is 10.1 Å². The second-order valence-electron chi connectivity index (χ2n) is 4.87. The van der Waals surface area contributed by atoms with Crippen LogP contribution in [-0.4, -0.2) is 22.3 Å². The van der Waals surface area contributed by atoms with Crippen molar-refractivity contribution in [1.82, 2.24) is 9.78 Å². The maximum atomic E-state index is 12.4. The molecule has 0 saturated heterocycles. The number of benzene rings is 2. The Morgan fingerprint density at radius 2 is 1.74 bits per heavy atom. The van der Waals surface area contributed by atoms with Gasteiger partial charge < -0.3 is 10.1 Å². The van der Waals surface area contributed by atoms with Crippen LogP contribution in [0.15, 0.2) is 66.7 Å². The van der Waals surface area contributed by atoms with Gasteiger partial charge in [-0.1, -0.05) is 36.4 Å². The van der Waals surface area contributed by atoms with Crippen LogP contribution in [0.25, 0.3) is 5.69 Å². The van der Waals surface area contributed by atoms with Gasteiger partial charge in [-0.25, -0.2) is 4.68 Å². The van der Waals surface area contributed by atoms with Crippen LogP contribution in [-0.2, 0) is 0 Å². The van der Waals surface area contributed by atoms with Crippen LogP contribution in [0.5, 0.6) is 5.88 Å². The number of ether oxygens (including phenoxy) is 1. The molecule has 1 amide bonds. The number of carbonyl (C=O) groups is 1. The second-order valence-corrected chi connectivity index (χ2v) is 4.87. The summed E-state index contributed by atoms with van der Waals surface area (Å²) >= 11 is 0. The van der Waals surface area contributed by atoms with Crippen LogP contribution in [0.4, 0.5) is 5.69 Å². The number of para-hydroxylation sites is 2. The first-order valence-corrected chi connectivity index (χ1v) is 7.42. The predicted octanol–water partition coefficient (Wildman–Crippen LogP) is 3.52. The summed E-state index contributed by atoms with van der Waals surface area (Å²) in [5, 5.41) is 7.20. The van der Waals surface area contributed by atoms with E-state index in [1.807, 2.05) is 67.6 Å². The van der Waals surface area contributed by atoms with Crippen molar-refractivity contribution in [3.63, 3.8) is 0 Å². The number of nitrogens with one attached hydrogen (secondary N) is 1. The van der Waals surface area contributed by atoms with Gasteiger partial charge in [0, 0.05) is 11.8 Å². The molecule has 23 heavy (non-hydrogen) atoms. The molecule has 3 aromatic rings. The van der Waals surface area contributed by atoms with Crippen molar-refractivity contribution in [3.8, 4) is 11.6 Å². The topological polar surface area (TPSA) is 56.1 Å². The zero-order valence-corrected chi connectivity index (χ0v) is 12.8. The van der Waals surface area contributed by atoms with Gasteiger partial charge in [-0.2, -0.15) is 5.10 Å². The summed E-state index contributed by atoms with van der Waals surface area (Å²) in [7, 11) is 0. The number of nitrogens with zero attached hydrogens (tertiary/aromatic N) is 2. The van der Waals surface area contributed by atoms with Gasteiger partial charge in [0.05, 0.1) is 12.3 Å². The summed E-state index contributed by atoms with van der Waals surface area (Å²) in [5.74, 6) is 0.267. The molecule has 1 aromatic heterocycles. The van der Waals surface area contributed by atoms with E-state index in [-0.39, 0.29) is 5.91 Å². The van der Waals surface area contributed by atoms with Crippen molar-refractivity contribution in [2.24, 2.45) is 0 Å². The molecule has 1 heterocycles. The van der Waals surface area contributed by atoms with Crippen molar-refractivity contribution < 1.29 is 9.53 Å². The average Bonchev–Trinajstić information content (AvgIpc) is 3.01. The zero-order valence-electron chi connectivity index (χ0n) is 12.8. The Hall–Kier alpha value is -3.08. The average molecular weight is 307 g/mol. The summed E-state index contributed by atoms with van der Waals surface area (Å²) in [5.41, 5.74) is 1.88. The lowest BCUT2D eigenvalue weighted by molar-refractivity contribution is 0.102. The lowest BCUT2D eigenvalue weighted by atomic mass is 10.3. The molecule has 0 radical (unpaired) electrons. The summed E-state index contributed by atoms with van der Waals surface area (Å²) < 4.78 is 7.22. The van der Waals surface area contributed by atoms with Crippen molar-refractivity contribution in [3.05, 3.63) is 72.4 Å². The van der Waals surface area contributed by atoms with E-state index in [1.165, 1.54) is 0 Å². The highest BCUT2D eigenvalue weighted by Crippen LogP contribution is 2.20. The molecule has 0 saturated carbocycles. The Morgan fingerprint density at radius 1 is 1.09 bits per heavy atom. The smallest absolute Gasteiger partial charge is 0.276 e.